The molecule has 1 aliphatic rings. The van der Waals surface area contributed by atoms with Gasteiger partial charge in [0, 0.05) is 23.0 Å². The average molecular weight is 312 g/mol. The molecule has 114 valence electrons. The maximum absolute atomic E-state index is 13.3. The molecule has 0 unspecified atom stereocenters. The summed E-state index contributed by atoms with van der Waals surface area (Å²) in [5.74, 6) is -1.13. The lowest BCUT2D eigenvalue weighted by atomic mass is 9.94. The Balaban J connectivity index is 2.30. The van der Waals surface area contributed by atoms with Gasteiger partial charge >= 0.3 is 13.4 Å². The molecule has 0 saturated heterocycles. The van der Waals surface area contributed by atoms with Crippen molar-refractivity contribution >= 4 is 25.2 Å². The third-order valence-electron chi connectivity index (χ3n) is 3.48. The number of aromatic nitrogens is 1. The van der Waals surface area contributed by atoms with Crippen molar-refractivity contribution in [2.24, 2.45) is 4.99 Å². The van der Waals surface area contributed by atoms with Crippen LogP contribution in [0.1, 0.15) is 21.6 Å². The van der Waals surface area contributed by atoms with Crippen LogP contribution in [-0.2, 0) is 0 Å². The topological polar surface area (TPSA) is 54.6 Å². The summed E-state index contributed by atoms with van der Waals surface area (Å²) in [5.41, 5.74) is 1.40. The van der Waals surface area contributed by atoms with Crippen LogP contribution in [0.2, 0.25) is 0 Å². The summed E-state index contributed by atoms with van der Waals surface area (Å²) in [6, 6.07) is 9.31. The van der Waals surface area contributed by atoms with Gasteiger partial charge in [0.05, 0.1) is 11.3 Å². The number of aliphatic imine (C=N–C) groups is 1. The summed E-state index contributed by atoms with van der Waals surface area (Å²) >= 11 is 0. The lowest BCUT2D eigenvalue weighted by Gasteiger charge is -2.14. The van der Waals surface area contributed by atoms with Gasteiger partial charge < -0.3 is 9.58 Å². The number of benzene rings is 1. The van der Waals surface area contributed by atoms with E-state index in [4.69, 9.17) is 0 Å². The van der Waals surface area contributed by atoms with Gasteiger partial charge in [-0.2, -0.15) is 0 Å². The molecule has 0 amide bonds. The number of carboxylic acid groups (broad SMARTS) is 1. The summed E-state index contributed by atoms with van der Waals surface area (Å²) in [4.78, 5) is 15.7. The fourth-order valence-electron chi connectivity index (χ4n) is 2.52. The number of nitrogens with zero attached hydrogens (tertiary/aromatic N) is 2. The van der Waals surface area contributed by atoms with Crippen molar-refractivity contribution in [1.82, 2.24) is 4.48 Å². The van der Waals surface area contributed by atoms with E-state index in [0.717, 1.165) is 4.48 Å². The number of allylic oxidation sites excluding steroid dienone is 2. The van der Waals surface area contributed by atoms with Crippen LogP contribution in [0.15, 0.2) is 65.4 Å². The second kappa shape index (κ2) is 6.04. The van der Waals surface area contributed by atoms with Gasteiger partial charge in [-0.15, -0.1) is 0 Å². The third kappa shape index (κ3) is 2.73. The molecule has 1 aromatic heterocycles. The van der Waals surface area contributed by atoms with Crippen LogP contribution in [0.4, 0.5) is 8.63 Å². The number of carbonyl (C=O) groups is 1. The second-order valence-corrected chi connectivity index (χ2v) is 4.83. The standard InChI is InChI=1S/C16H11BF2N2O2/c18-17(19)21-10-4-8-14(21)15(13-7-3-9-20-13)11-5-1-2-6-12(11)16(22)23/h1-10H,(H,22,23)/b15-13-. The highest BCUT2D eigenvalue weighted by Crippen LogP contribution is 2.32. The van der Waals surface area contributed by atoms with Crippen molar-refractivity contribution < 1.29 is 18.5 Å². The minimum atomic E-state index is -2.73. The molecule has 0 aliphatic carbocycles. The molecule has 3 rings (SSSR count). The minimum absolute atomic E-state index is 0.0347. The van der Waals surface area contributed by atoms with Crippen LogP contribution < -0.4 is 0 Å². The Morgan fingerprint density at radius 3 is 2.48 bits per heavy atom. The molecule has 0 bridgehead atoms. The van der Waals surface area contributed by atoms with E-state index in [0.29, 0.717) is 16.8 Å². The van der Waals surface area contributed by atoms with Gasteiger partial charge in [-0.25, -0.2) is 4.79 Å². The molecule has 0 saturated carbocycles. The number of rotatable bonds is 4. The summed E-state index contributed by atoms with van der Waals surface area (Å²) in [6.07, 6.45) is 6.13. The first-order chi connectivity index (χ1) is 11.1. The maximum Gasteiger partial charge on any atom is 0.677 e. The van der Waals surface area contributed by atoms with Crippen molar-refractivity contribution in [3.8, 4) is 0 Å². The molecule has 1 aromatic carbocycles. The molecule has 2 heterocycles. The predicted molar refractivity (Wildman–Crippen MR) is 84.9 cm³/mol. The first-order valence-corrected chi connectivity index (χ1v) is 6.82. The number of carboxylic acids is 1. The van der Waals surface area contributed by atoms with Gasteiger partial charge in [-0.3, -0.25) is 13.6 Å². The highest BCUT2D eigenvalue weighted by molar-refractivity contribution is 6.41. The quantitative estimate of drug-likeness (QED) is 0.880. The van der Waals surface area contributed by atoms with E-state index in [1.54, 1.807) is 30.4 Å². The average Bonchev–Trinajstić information content (AvgIpc) is 3.20. The fourth-order valence-corrected chi connectivity index (χ4v) is 2.52. The van der Waals surface area contributed by atoms with Crippen molar-refractivity contribution in [2.75, 3.05) is 0 Å². The SMILES string of the molecule is O=C(O)c1ccccc1/C(=C1\C=CC=N1)c1cccn1B(F)F. The van der Waals surface area contributed by atoms with Gasteiger partial charge in [-0.1, -0.05) is 18.2 Å². The van der Waals surface area contributed by atoms with E-state index in [-0.39, 0.29) is 11.3 Å². The lowest BCUT2D eigenvalue weighted by Crippen LogP contribution is -2.16. The highest BCUT2D eigenvalue weighted by atomic mass is 19.2. The maximum atomic E-state index is 13.3. The number of halogens is 2. The number of hydrogen-bond donors (Lipinski definition) is 1. The summed E-state index contributed by atoms with van der Waals surface area (Å²) < 4.78 is 27.3. The molecule has 7 heteroatoms. The molecule has 1 aliphatic heterocycles. The Hall–Kier alpha value is -2.96. The number of hydrogen-bond acceptors (Lipinski definition) is 2. The molecule has 0 spiro atoms. The Labute approximate surface area is 131 Å². The Kier molecular flexibility index (Phi) is 3.93. The minimum Gasteiger partial charge on any atom is -0.478 e. The Bertz CT molecular complexity index is 839. The van der Waals surface area contributed by atoms with E-state index < -0.39 is 13.4 Å². The van der Waals surface area contributed by atoms with Gasteiger partial charge in [0.25, 0.3) is 0 Å². The monoisotopic (exact) mass is 312 g/mol. The van der Waals surface area contributed by atoms with Crippen molar-refractivity contribution in [2.45, 2.75) is 0 Å². The second-order valence-electron chi connectivity index (χ2n) is 4.83. The van der Waals surface area contributed by atoms with Crippen LogP contribution in [0.25, 0.3) is 5.57 Å². The molecular formula is C16H11BF2N2O2. The van der Waals surface area contributed by atoms with E-state index in [9.17, 15) is 18.5 Å². The van der Waals surface area contributed by atoms with E-state index in [1.165, 1.54) is 30.6 Å². The van der Waals surface area contributed by atoms with Gasteiger partial charge in [0.1, 0.15) is 0 Å². The molecule has 2 aromatic rings. The Morgan fingerprint density at radius 2 is 1.87 bits per heavy atom. The predicted octanol–water partition coefficient (Wildman–Crippen LogP) is 3.36. The van der Waals surface area contributed by atoms with Crippen molar-refractivity contribution in [1.29, 1.82) is 0 Å². The zero-order valence-electron chi connectivity index (χ0n) is 11.9. The molecule has 4 nitrogen and oxygen atoms in total. The Morgan fingerprint density at radius 1 is 1.13 bits per heavy atom. The zero-order chi connectivity index (χ0) is 16.4. The summed E-state index contributed by atoms with van der Waals surface area (Å²) in [6.45, 7) is 0. The largest absolute Gasteiger partial charge is 0.677 e. The third-order valence-corrected chi connectivity index (χ3v) is 3.48. The van der Waals surface area contributed by atoms with E-state index in [1.807, 2.05) is 0 Å². The smallest absolute Gasteiger partial charge is 0.478 e. The first-order valence-electron chi connectivity index (χ1n) is 6.82. The van der Waals surface area contributed by atoms with Crippen molar-refractivity contribution in [3.05, 3.63) is 77.3 Å². The van der Waals surface area contributed by atoms with Crippen LogP contribution >= 0.6 is 0 Å². The molecule has 0 atom stereocenters. The van der Waals surface area contributed by atoms with Crippen LogP contribution in [0.5, 0.6) is 0 Å². The van der Waals surface area contributed by atoms with Crippen LogP contribution in [0, 0.1) is 0 Å². The fraction of sp³-hybridized carbons (Fsp3) is 0. The number of aromatic carboxylic acids is 1. The molecule has 0 fully saturated rings. The van der Waals surface area contributed by atoms with Crippen molar-refractivity contribution in [3.63, 3.8) is 0 Å². The molecular weight excluding hydrogens is 301 g/mol. The summed E-state index contributed by atoms with van der Waals surface area (Å²) in [5, 5.41) is 9.40. The lowest BCUT2D eigenvalue weighted by molar-refractivity contribution is 0.0696. The van der Waals surface area contributed by atoms with Gasteiger partial charge in [0.2, 0.25) is 0 Å². The molecule has 0 radical (unpaired) electrons. The molecule has 1 N–H and O–H groups in total. The van der Waals surface area contributed by atoms with Gasteiger partial charge in [0.15, 0.2) is 0 Å². The highest BCUT2D eigenvalue weighted by Gasteiger charge is 2.25. The summed E-state index contributed by atoms with van der Waals surface area (Å²) in [7, 11) is -2.73. The van der Waals surface area contributed by atoms with Crippen LogP contribution in [0.3, 0.4) is 0 Å². The van der Waals surface area contributed by atoms with Gasteiger partial charge in [-0.05, 0) is 36.5 Å². The zero-order valence-corrected chi connectivity index (χ0v) is 11.9. The first kappa shape index (κ1) is 15.0. The van der Waals surface area contributed by atoms with E-state index >= 15 is 0 Å². The molecule has 23 heavy (non-hydrogen) atoms. The normalized spacial score (nSPS) is 15.0. The van der Waals surface area contributed by atoms with E-state index in [2.05, 4.69) is 4.99 Å². The van der Waals surface area contributed by atoms with Crippen LogP contribution in [-0.4, -0.2) is 29.2 Å².